The molecule has 0 fully saturated rings. The van der Waals surface area contributed by atoms with E-state index in [2.05, 4.69) is 4.98 Å². The highest BCUT2D eigenvalue weighted by Gasteiger charge is 2.17. The molecule has 1 heterocycles. The minimum absolute atomic E-state index is 0.00599. The van der Waals surface area contributed by atoms with Crippen LogP contribution in [0.15, 0.2) is 6.07 Å². The summed E-state index contributed by atoms with van der Waals surface area (Å²) in [6, 6.07) is 1.52. The lowest BCUT2D eigenvalue weighted by molar-refractivity contribution is 0.0519. The molecule has 0 aliphatic rings. The molecule has 1 aromatic heterocycles. The highest BCUT2D eigenvalue weighted by molar-refractivity contribution is 6.43. The van der Waals surface area contributed by atoms with Gasteiger partial charge in [0.15, 0.2) is 5.69 Å². The average molecular weight is 249 g/mol. The van der Waals surface area contributed by atoms with Gasteiger partial charge in [-0.1, -0.05) is 23.2 Å². The number of hydrogen-bond donors (Lipinski definition) is 1. The van der Waals surface area contributed by atoms with Gasteiger partial charge < -0.3 is 10.5 Å². The second kappa shape index (κ2) is 5.30. The van der Waals surface area contributed by atoms with Crippen LogP contribution >= 0.6 is 23.2 Å². The predicted molar refractivity (Wildman–Crippen MR) is 58.1 cm³/mol. The van der Waals surface area contributed by atoms with Crippen molar-refractivity contribution in [3.8, 4) is 0 Å². The normalized spacial score (nSPS) is 10.1. The van der Waals surface area contributed by atoms with Crippen molar-refractivity contribution in [2.45, 2.75) is 13.5 Å². The van der Waals surface area contributed by atoms with E-state index in [0.717, 1.165) is 0 Å². The largest absolute Gasteiger partial charge is 0.461 e. The van der Waals surface area contributed by atoms with Crippen LogP contribution in [0.2, 0.25) is 10.0 Å². The van der Waals surface area contributed by atoms with Crippen LogP contribution in [0.3, 0.4) is 0 Å². The first kappa shape index (κ1) is 12.2. The van der Waals surface area contributed by atoms with Gasteiger partial charge in [-0.2, -0.15) is 0 Å². The molecule has 0 aliphatic carbocycles. The Kier molecular flexibility index (Phi) is 4.32. The number of hydrogen-bond acceptors (Lipinski definition) is 4. The summed E-state index contributed by atoms with van der Waals surface area (Å²) in [5.74, 6) is -0.597. The summed E-state index contributed by atoms with van der Waals surface area (Å²) < 4.78 is 4.78. The zero-order valence-corrected chi connectivity index (χ0v) is 9.60. The van der Waals surface area contributed by atoms with Gasteiger partial charge >= 0.3 is 5.97 Å². The van der Waals surface area contributed by atoms with Crippen LogP contribution in [0, 0.1) is 0 Å². The van der Waals surface area contributed by atoms with Crippen molar-refractivity contribution < 1.29 is 9.53 Å². The fourth-order valence-corrected chi connectivity index (χ4v) is 1.38. The first-order valence-corrected chi connectivity index (χ1v) is 5.07. The molecule has 4 nitrogen and oxygen atoms in total. The number of esters is 1. The molecule has 0 amide bonds. The van der Waals surface area contributed by atoms with Crippen molar-refractivity contribution in [1.29, 1.82) is 0 Å². The fourth-order valence-electron chi connectivity index (χ4n) is 0.987. The number of pyridine rings is 1. The van der Waals surface area contributed by atoms with Crippen LogP contribution in [0.1, 0.15) is 23.1 Å². The van der Waals surface area contributed by atoms with Gasteiger partial charge in [-0.25, -0.2) is 9.78 Å². The molecule has 0 atom stereocenters. The maximum Gasteiger partial charge on any atom is 0.358 e. The molecule has 6 heteroatoms. The Hall–Kier alpha value is -0.840. The number of nitrogens with zero attached hydrogens (tertiary/aromatic N) is 1. The molecular weight excluding hydrogens is 239 g/mol. The summed E-state index contributed by atoms with van der Waals surface area (Å²) in [4.78, 5) is 15.4. The van der Waals surface area contributed by atoms with Gasteiger partial charge in [0, 0.05) is 6.54 Å². The van der Waals surface area contributed by atoms with Crippen molar-refractivity contribution in [3.05, 3.63) is 27.5 Å². The van der Waals surface area contributed by atoms with E-state index in [1.165, 1.54) is 6.07 Å². The maximum atomic E-state index is 11.4. The van der Waals surface area contributed by atoms with Crippen LogP contribution in [0.4, 0.5) is 0 Å². The molecule has 1 rings (SSSR count). The molecule has 0 saturated carbocycles. The molecule has 0 spiro atoms. The van der Waals surface area contributed by atoms with E-state index in [9.17, 15) is 4.79 Å². The Morgan fingerprint density at radius 2 is 2.27 bits per heavy atom. The lowest BCUT2D eigenvalue weighted by Crippen LogP contribution is -2.11. The maximum absolute atomic E-state index is 11.4. The SMILES string of the molecule is CCOC(=O)c1nc(CN)cc(Cl)c1Cl. The van der Waals surface area contributed by atoms with Crippen LogP contribution in [-0.2, 0) is 11.3 Å². The number of aromatic nitrogens is 1. The zero-order valence-electron chi connectivity index (χ0n) is 8.09. The van der Waals surface area contributed by atoms with Gasteiger partial charge in [-0.15, -0.1) is 0 Å². The summed E-state index contributed by atoms with van der Waals surface area (Å²) in [5, 5.41) is 0.336. The van der Waals surface area contributed by atoms with Gasteiger partial charge in [-0.05, 0) is 13.0 Å². The lowest BCUT2D eigenvalue weighted by atomic mass is 10.3. The van der Waals surface area contributed by atoms with Crippen molar-refractivity contribution >= 4 is 29.2 Å². The van der Waals surface area contributed by atoms with Gasteiger partial charge in [-0.3, -0.25) is 0 Å². The Morgan fingerprint density at radius 3 is 2.80 bits per heavy atom. The summed E-state index contributed by atoms with van der Waals surface area (Å²) in [6.07, 6.45) is 0. The predicted octanol–water partition coefficient (Wildman–Crippen LogP) is 2.02. The molecule has 0 aromatic carbocycles. The average Bonchev–Trinajstić information content (AvgIpc) is 2.22. The van der Waals surface area contributed by atoms with Crippen LogP contribution in [0.25, 0.3) is 0 Å². The molecule has 82 valence electrons. The molecule has 15 heavy (non-hydrogen) atoms. The molecule has 0 aliphatic heterocycles. The molecule has 0 unspecified atom stereocenters. The molecule has 1 aromatic rings. The molecular formula is C9H10Cl2N2O2. The van der Waals surface area contributed by atoms with Crippen LogP contribution < -0.4 is 5.73 Å². The van der Waals surface area contributed by atoms with Gasteiger partial charge in [0.2, 0.25) is 0 Å². The van der Waals surface area contributed by atoms with Gasteiger partial charge in [0.05, 0.1) is 22.3 Å². The number of rotatable bonds is 3. The third kappa shape index (κ3) is 2.81. The zero-order chi connectivity index (χ0) is 11.4. The first-order chi connectivity index (χ1) is 7.10. The van der Waals surface area contributed by atoms with E-state index in [4.69, 9.17) is 33.7 Å². The summed E-state index contributed by atoms with van der Waals surface area (Å²) in [5.41, 5.74) is 5.89. The fraction of sp³-hybridized carbons (Fsp3) is 0.333. The number of carbonyl (C=O) groups excluding carboxylic acids is 1. The minimum atomic E-state index is -0.597. The van der Waals surface area contributed by atoms with Gasteiger partial charge in [0.25, 0.3) is 0 Å². The van der Waals surface area contributed by atoms with Crippen molar-refractivity contribution in [3.63, 3.8) is 0 Å². The molecule has 2 N–H and O–H groups in total. The number of carbonyl (C=O) groups is 1. The van der Waals surface area contributed by atoms with Crippen molar-refractivity contribution in [2.24, 2.45) is 5.73 Å². The highest BCUT2D eigenvalue weighted by Crippen LogP contribution is 2.25. The molecule has 0 radical (unpaired) electrons. The second-order valence-corrected chi connectivity index (χ2v) is 3.47. The topological polar surface area (TPSA) is 65.2 Å². The Balaban J connectivity index is 3.15. The quantitative estimate of drug-likeness (QED) is 0.832. The number of halogens is 2. The van der Waals surface area contributed by atoms with E-state index in [1.807, 2.05) is 0 Å². The van der Waals surface area contributed by atoms with E-state index in [-0.39, 0.29) is 28.9 Å². The van der Waals surface area contributed by atoms with E-state index in [0.29, 0.717) is 5.69 Å². The van der Waals surface area contributed by atoms with E-state index >= 15 is 0 Å². The summed E-state index contributed by atoms with van der Waals surface area (Å²) in [7, 11) is 0. The number of ether oxygens (including phenoxy) is 1. The van der Waals surface area contributed by atoms with Crippen LogP contribution in [0.5, 0.6) is 0 Å². The summed E-state index contributed by atoms with van der Waals surface area (Å²) in [6.45, 7) is 2.13. The lowest BCUT2D eigenvalue weighted by Gasteiger charge is -2.06. The van der Waals surface area contributed by atoms with Gasteiger partial charge in [0.1, 0.15) is 0 Å². The first-order valence-electron chi connectivity index (χ1n) is 4.32. The third-order valence-electron chi connectivity index (χ3n) is 1.64. The van der Waals surface area contributed by atoms with E-state index < -0.39 is 5.97 Å². The second-order valence-electron chi connectivity index (χ2n) is 2.68. The molecule has 0 saturated heterocycles. The highest BCUT2D eigenvalue weighted by atomic mass is 35.5. The summed E-state index contributed by atoms with van der Waals surface area (Å²) >= 11 is 11.6. The standard InChI is InChI=1S/C9H10Cl2N2O2/c1-2-15-9(14)8-7(11)6(10)3-5(4-12)13-8/h3H,2,4,12H2,1H3. The monoisotopic (exact) mass is 248 g/mol. The Bertz CT molecular complexity index is 383. The van der Waals surface area contributed by atoms with E-state index in [1.54, 1.807) is 6.92 Å². The van der Waals surface area contributed by atoms with Crippen molar-refractivity contribution in [2.75, 3.05) is 6.61 Å². The minimum Gasteiger partial charge on any atom is -0.461 e. The number of nitrogens with two attached hydrogens (primary N) is 1. The Morgan fingerprint density at radius 1 is 1.60 bits per heavy atom. The van der Waals surface area contributed by atoms with Crippen LogP contribution in [-0.4, -0.2) is 17.6 Å². The smallest absolute Gasteiger partial charge is 0.358 e. The Labute approximate surface area is 97.3 Å². The molecule has 0 bridgehead atoms. The van der Waals surface area contributed by atoms with Crippen molar-refractivity contribution in [1.82, 2.24) is 4.98 Å². The third-order valence-corrected chi connectivity index (χ3v) is 2.42.